The number of benzene rings is 1. The number of nitrogens with zero attached hydrogens (tertiary/aromatic N) is 3. The average molecular weight is 350 g/mol. The molecule has 0 saturated carbocycles. The van der Waals surface area contributed by atoms with Crippen molar-refractivity contribution >= 4 is 10.0 Å². The number of hydrogen-bond donors (Lipinski definition) is 1. The van der Waals surface area contributed by atoms with E-state index in [0.29, 0.717) is 19.1 Å². The van der Waals surface area contributed by atoms with Crippen LogP contribution >= 0.6 is 0 Å². The molecule has 2 saturated heterocycles. The maximum Gasteiger partial charge on any atom is 0.246 e. The van der Waals surface area contributed by atoms with Crippen LogP contribution in [0.2, 0.25) is 0 Å². The van der Waals surface area contributed by atoms with Gasteiger partial charge in [-0.1, -0.05) is 12.1 Å². The summed E-state index contributed by atoms with van der Waals surface area (Å²) in [6, 6.07) is 6.78. The van der Waals surface area contributed by atoms with Crippen LogP contribution in [0, 0.1) is 5.82 Å². The Balaban J connectivity index is 1.62. The predicted octanol–water partition coefficient (Wildman–Crippen LogP) is 1.53. The SMILES string of the molecule is O=S(=O)(c1cnn(-c2ccccc2F)c1)N1CCC2CCC(C1)N2. The summed E-state index contributed by atoms with van der Waals surface area (Å²) in [6.45, 7) is 0.977. The summed E-state index contributed by atoms with van der Waals surface area (Å²) in [5.41, 5.74) is 0.232. The van der Waals surface area contributed by atoms with Gasteiger partial charge in [-0.3, -0.25) is 0 Å². The Morgan fingerprint density at radius 2 is 1.96 bits per heavy atom. The second-order valence-electron chi connectivity index (χ2n) is 6.36. The number of halogens is 1. The summed E-state index contributed by atoms with van der Waals surface area (Å²) in [6.07, 6.45) is 5.61. The number of nitrogens with one attached hydrogen (secondary N) is 1. The lowest BCUT2D eigenvalue weighted by Gasteiger charge is -2.22. The van der Waals surface area contributed by atoms with Gasteiger partial charge in [0, 0.05) is 25.2 Å². The minimum atomic E-state index is -3.62. The van der Waals surface area contributed by atoms with Crippen LogP contribution in [0.5, 0.6) is 0 Å². The topological polar surface area (TPSA) is 67.2 Å². The zero-order valence-electron chi connectivity index (χ0n) is 13.1. The minimum Gasteiger partial charge on any atom is -0.310 e. The Morgan fingerprint density at radius 3 is 2.79 bits per heavy atom. The Bertz CT molecular complexity index is 851. The van der Waals surface area contributed by atoms with Gasteiger partial charge in [0.2, 0.25) is 10.0 Å². The van der Waals surface area contributed by atoms with Gasteiger partial charge in [-0.05, 0) is 31.4 Å². The highest BCUT2D eigenvalue weighted by Crippen LogP contribution is 2.25. The maximum absolute atomic E-state index is 13.9. The smallest absolute Gasteiger partial charge is 0.246 e. The van der Waals surface area contributed by atoms with Crippen molar-refractivity contribution in [1.82, 2.24) is 19.4 Å². The van der Waals surface area contributed by atoms with Gasteiger partial charge in [0.25, 0.3) is 0 Å². The summed E-state index contributed by atoms with van der Waals surface area (Å²) < 4.78 is 42.4. The van der Waals surface area contributed by atoms with E-state index in [1.807, 2.05) is 0 Å². The van der Waals surface area contributed by atoms with Crippen LogP contribution in [0.25, 0.3) is 5.69 Å². The number of sulfonamides is 1. The van der Waals surface area contributed by atoms with Gasteiger partial charge >= 0.3 is 0 Å². The molecule has 3 heterocycles. The number of fused-ring (bicyclic) bond motifs is 2. The van der Waals surface area contributed by atoms with Crippen LogP contribution in [0.3, 0.4) is 0 Å². The Labute approximate surface area is 140 Å². The van der Waals surface area contributed by atoms with Crippen molar-refractivity contribution < 1.29 is 12.8 Å². The molecule has 0 radical (unpaired) electrons. The van der Waals surface area contributed by atoms with Crippen molar-refractivity contribution in [3.05, 3.63) is 42.5 Å². The first kappa shape index (κ1) is 15.7. The molecular formula is C16H19FN4O2S. The van der Waals surface area contributed by atoms with Crippen molar-refractivity contribution in [2.75, 3.05) is 13.1 Å². The molecule has 1 aromatic carbocycles. The molecule has 1 N–H and O–H groups in total. The second-order valence-corrected chi connectivity index (χ2v) is 8.30. The van der Waals surface area contributed by atoms with Gasteiger partial charge in [-0.15, -0.1) is 0 Å². The van der Waals surface area contributed by atoms with E-state index in [1.165, 1.54) is 27.4 Å². The van der Waals surface area contributed by atoms with Gasteiger partial charge in [0.1, 0.15) is 16.4 Å². The first-order valence-corrected chi connectivity index (χ1v) is 9.54. The van der Waals surface area contributed by atoms with Crippen LogP contribution in [0.4, 0.5) is 4.39 Å². The lowest BCUT2D eigenvalue weighted by Crippen LogP contribution is -2.38. The zero-order chi connectivity index (χ0) is 16.7. The van der Waals surface area contributed by atoms with Crippen molar-refractivity contribution in [3.63, 3.8) is 0 Å². The third kappa shape index (κ3) is 2.74. The fraction of sp³-hybridized carbons (Fsp3) is 0.438. The number of para-hydroxylation sites is 1. The fourth-order valence-corrected chi connectivity index (χ4v) is 4.92. The first-order chi connectivity index (χ1) is 11.5. The molecule has 1 aromatic heterocycles. The molecule has 2 atom stereocenters. The normalized spacial score (nSPS) is 24.9. The predicted molar refractivity (Wildman–Crippen MR) is 86.8 cm³/mol. The highest BCUT2D eigenvalue weighted by atomic mass is 32.2. The lowest BCUT2D eigenvalue weighted by atomic mass is 10.1. The molecule has 24 heavy (non-hydrogen) atoms. The van der Waals surface area contributed by atoms with Crippen LogP contribution in [0.1, 0.15) is 19.3 Å². The van der Waals surface area contributed by atoms with Gasteiger partial charge in [-0.2, -0.15) is 9.40 Å². The summed E-state index contributed by atoms with van der Waals surface area (Å²) >= 11 is 0. The molecule has 2 fully saturated rings. The van der Waals surface area contributed by atoms with Crippen LogP contribution < -0.4 is 5.32 Å². The molecule has 2 aliphatic rings. The van der Waals surface area contributed by atoms with Crippen molar-refractivity contribution in [2.45, 2.75) is 36.2 Å². The molecule has 0 aliphatic carbocycles. The molecule has 2 aliphatic heterocycles. The molecule has 2 bridgehead atoms. The monoisotopic (exact) mass is 350 g/mol. The van der Waals surface area contributed by atoms with Crippen molar-refractivity contribution in [1.29, 1.82) is 0 Å². The van der Waals surface area contributed by atoms with Gasteiger partial charge in [-0.25, -0.2) is 17.5 Å². The van der Waals surface area contributed by atoms with Crippen LogP contribution in [-0.4, -0.2) is 47.7 Å². The molecule has 128 valence electrons. The van der Waals surface area contributed by atoms with Crippen molar-refractivity contribution in [3.8, 4) is 5.69 Å². The van der Waals surface area contributed by atoms with E-state index in [1.54, 1.807) is 18.2 Å². The van der Waals surface area contributed by atoms with Gasteiger partial charge in [0.05, 0.1) is 12.4 Å². The Kier molecular flexibility index (Phi) is 3.90. The number of aromatic nitrogens is 2. The number of rotatable bonds is 3. The zero-order valence-corrected chi connectivity index (χ0v) is 13.9. The van der Waals surface area contributed by atoms with E-state index in [9.17, 15) is 12.8 Å². The second kappa shape index (κ2) is 5.94. The van der Waals surface area contributed by atoms with E-state index in [0.717, 1.165) is 19.3 Å². The third-order valence-corrected chi connectivity index (χ3v) is 6.60. The highest BCUT2D eigenvalue weighted by Gasteiger charge is 2.35. The van der Waals surface area contributed by atoms with Gasteiger partial charge in [0.15, 0.2) is 0 Å². The number of hydrogen-bond acceptors (Lipinski definition) is 4. The molecule has 0 spiro atoms. The maximum atomic E-state index is 13.9. The summed E-state index contributed by atoms with van der Waals surface area (Å²) in [7, 11) is -3.62. The molecule has 2 unspecified atom stereocenters. The molecule has 2 aromatic rings. The summed E-state index contributed by atoms with van der Waals surface area (Å²) in [5, 5.41) is 7.50. The van der Waals surface area contributed by atoms with E-state index in [-0.39, 0.29) is 16.6 Å². The average Bonchev–Trinajstić information content (AvgIpc) is 3.15. The highest BCUT2D eigenvalue weighted by molar-refractivity contribution is 7.89. The van der Waals surface area contributed by atoms with Crippen LogP contribution in [-0.2, 0) is 10.0 Å². The lowest BCUT2D eigenvalue weighted by molar-refractivity contribution is 0.383. The quantitative estimate of drug-likeness (QED) is 0.912. The minimum absolute atomic E-state index is 0.100. The standard InChI is InChI=1S/C16H19FN4O2S/c17-15-3-1-2-4-16(15)21-11-14(9-18-21)24(22,23)20-8-7-12-5-6-13(10-20)19-12/h1-4,9,11-13,19H,5-8,10H2. The van der Waals surface area contributed by atoms with E-state index < -0.39 is 15.8 Å². The molecule has 4 rings (SSSR count). The molecular weight excluding hydrogens is 331 g/mol. The third-order valence-electron chi connectivity index (χ3n) is 4.78. The van der Waals surface area contributed by atoms with E-state index in [4.69, 9.17) is 0 Å². The largest absolute Gasteiger partial charge is 0.310 e. The summed E-state index contributed by atoms with van der Waals surface area (Å²) in [5.74, 6) is -0.444. The van der Waals surface area contributed by atoms with E-state index in [2.05, 4.69) is 10.4 Å². The fourth-order valence-electron chi connectivity index (χ4n) is 3.49. The molecule has 0 amide bonds. The molecule has 6 nitrogen and oxygen atoms in total. The molecule has 8 heteroatoms. The van der Waals surface area contributed by atoms with E-state index >= 15 is 0 Å². The Hall–Kier alpha value is -1.77. The van der Waals surface area contributed by atoms with Crippen LogP contribution in [0.15, 0.2) is 41.6 Å². The first-order valence-electron chi connectivity index (χ1n) is 8.10. The van der Waals surface area contributed by atoms with Crippen molar-refractivity contribution in [2.24, 2.45) is 0 Å². The van der Waals surface area contributed by atoms with Gasteiger partial charge < -0.3 is 5.32 Å². The Morgan fingerprint density at radius 1 is 1.17 bits per heavy atom. The summed E-state index contributed by atoms with van der Waals surface area (Å²) in [4.78, 5) is 0.100.